The number of hydrogen-bond acceptors (Lipinski definition) is 2. The molecule has 1 unspecified atom stereocenters. The molecule has 192 valence electrons. The minimum Gasteiger partial charge on any atom is -0.493 e. The van der Waals surface area contributed by atoms with E-state index in [1.165, 1.54) is 13.0 Å². The Hall–Kier alpha value is -1.93. The molecule has 0 amide bonds. The van der Waals surface area contributed by atoms with E-state index in [4.69, 9.17) is 9.47 Å². The molecular formula is C18H17F13O2. The molecule has 0 heterocycles. The Bertz CT molecular complexity index is 820. The van der Waals surface area contributed by atoms with Crippen molar-refractivity contribution in [3.05, 3.63) is 29.8 Å². The first-order chi connectivity index (χ1) is 14.6. The van der Waals surface area contributed by atoms with Crippen molar-refractivity contribution in [3.63, 3.8) is 0 Å². The lowest BCUT2D eigenvalue weighted by atomic mass is 9.83. The molecule has 0 aliphatic heterocycles. The first-order valence-corrected chi connectivity index (χ1v) is 8.80. The average molecular weight is 512 g/mol. The maximum atomic E-state index is 14.4. The minimum atomic E-state index is -7.95. The highest BCUT2D eigenvalue weighted by Crippen LogP contribution is 2.61. The molecule has 0 aromatic heterocycles. The molecule has 0 saturated heterocycles. The monoisotopic (exact) mass is 512 g/mol. The van der Waals surface area contributed by atoms with Gasteiger partial charge >= 0.3 is 35.8 Å². The Morgan fingerprint density at radius 2 is 1.15 bits per heavy atom. The van der Waals surface area contributed by atoms with Crippen molar-refractivity contribution in [2.45, 2.75) is 61.7 Å². The number of benzene rings is 1. The number of methoxy groups -OCH3 is 1. The Morgan fingerprint density at radius 3 is 1.58 bits per heavy atom. The van der Waals surface area contributed by atoms with Gasteiger partial charge in [0.25, 0.3) is 0 Å². The SMILES string of the molecule is CCOc1ccccc1C(C)(CC(F)(F)C(F)(F)C(F)(F)C(F)(F)C(F)(F)C(F)(F)F)OC. The molecule has 0 saturated carbocycles. The predicted molar refractivity (Wildman–Crippen MR) is 87.4 cm³/mol. The van der Waals surface area contributed by atoms with E-state index >= 15 is 0 Å². The van der Waals surface area contributed by atoms with E-state index in [2.05, 4.69) is 0 Å². The lowest BCUT2D eigenvalue weighted by Crippen LogP contribution is -2.70. The smallest absolute Gasteiger partial charge is 0.460 e. The number of rotatable bonds is 10. The summed E-state index contributed by atoms with van der Waals surface area (Å²) in [5.74, 6) is -37.5. The molecule has 15 heteroatoms. The Balaban J connectivity index is 3.57. The summed E-state index contributed by atoms with van der Waals surface area (Å²) in [7, 11) is 0.654. The van der Waals surface area contributed by atoms with Crippen LogP contribution in [0.25, 0.3) is 0 Å². The third-order valence-corrected chi connectivity index (χ3v) is 4.76. The zero-order valence-corrected chi connectivity index (χ0v) is 17.0. The molecule has 1 atom stereocenters. The van der Waals surface area contributed by atoms with Gasteiger partial charge in [-0.25, -0.2) is 0 Å². The van der Waals surface area contributed by atoms with Crippen LogP contribution in [-0.2, 0) is 10.3 Å². The zero-order valence-electron chi connectivity index (χ0n) is 17.0. The Morgan fingerprint density at radius 1 is 0.697 bits per heavy atom. The summed E-state index contributed by atoms with van der Waals surface area (Å²) >= 11 is 0. The normalized spacial score (nSPS) is 16.5. The molecule has 0 aliphatic rings. The van der Waals surface area contributed by atoms with Crippen LogP contribution >= 0.6 is 0 Å². The minimum absolute atomic E-state index is 0.0970. The van der Waals surface area contributed by atoms with Gasteiger partial charge in [0.2, 0.25) is 0 Å². The molecule has 0 bridgehead atoms. The number of halogens is 13. The second kappa shape index (κ2) is 8.69. The maximum absolute atomic E-state index is 14.4. The first-order valence-electron chi connectivity index (χ1n) is 8.80. The van der Waals surface area contributed by atoms with Gasteiger partial charge in [-0.3, -0.25) is 0 Å². The van der Waals surface area contributed by atoms with Crippen LogP contribution in [0.15, 0.2) is 24.3 Å². The lowest BCUT2D eigenvalue weighted by Gasteiger charge is -2.42. The Labute approximate surface area is 178 Å². The second-order valence-electron chi connectivity index (χ2n) is 7.04. The van der Waals surface area contributed by atoms with Gasteiger partial charge in [-0.2, -0.15) is 57.1 Å². The van der Waals surface area contributed by atoms with Gasteiger partial charge in [-0.05, 0) is 19.9 Å². The molecule has 0 spiro atoms. The van der Waals surface area contributed by atoms with Crippen molar-refractivity contribution in [1.29, 1.82) is 0 Å². The average Bonchev–Trinajstić information content (AvgIpc) is 2.66. The van der Waals surface area contributed by atoms with Crippen LogP contribution in [0, 0.1) is 0 Å². The molecule has 1 aromatic rings. The van der Waals surface area contributed by atoms with E-state index in [1.807, 2.05) is 0 Å². The fraction of sp³-hybridized carbons (Fsp3) is 0.667. The maximum Gasteiger partial charge on any atom is 0.460 e. The van der Waals surface area contributed by atoms with E-state index in [-0.39, 0.29) is 12.4 Å². The summed E-state index contributed by atoms with van der Waals surface area (Å²) in [6.45, 7) is 1.97. The van der Waals surface area contributed by atoms with Crippen LogP contribution in [0.2, 0.25) is 0 Å². The highest BCUT2D eigenvalue weighted by molar-refractivity contribution is 5.38. The van der Waals surface area contributed by atoms with Crippen molar-refractivity contribution in [2.75, 3.05) is 13.7 Å². The number of hydrogen-bond donors (Lipinski definition) is 0. The summed E-state index contributed by atoms with van der Waals surface area (Å²) in [4.78, 5) is 0. The third kappa shape index (κ3) is 4.56. The number of para-hydroxylation sites is 1. The molecule has 1 rings (SSSR count). The molecular weight excluding hydrogens is 495 g/mol. The van der Waals surface area contributed by atoms with Crippen LogP contribution in [0.4, 0.5) is 57.1 Å². The largest absolute Gasteiger partial charge is 0.493 e. The van der Waals surface area contributed by atoms with Crippen molar-refractivity contribution in [3.8, 4) is 5.75 Å². The number of ether oxygens (including phenoxy) is 2. The lowest BCUT2D eigenvalue weighted by molar-refractivity contribution is -0.441. The topological polar surface area (TPSA) is 18.5 Å². The first kappa shape index (κ1) is 29.1. The summed E-state index contributed by atoms with van der Waals surface area (Å²) in [5.41, 5.74) is -3.11. The van der Waals surface area contributed by atoms with Crippen LogP contribution in [0.1, 0.15) is 25.8 Å². The number of alkyl halides is 13. The van der Waals surface area contributed by atoms with Crippen LogP contribution < -0.4 is 4.74 Å². The van der Waals surface area contributed by atoms with E-state index < -0.39 is 53.4 Å². The summed E-state index contributed by atoms with van der Waals surface area (Å²) in [5, 5.41) is 0. The molecule has 2 nitrogen and oxygen atoms in total. The molecule has 0 N–H and O–H groups in total. The molecule has 33 heavy (non-hydrogen) atoms. The molecule has 0 fully saturated rings. The standard InChI is InChI=1S/C18H17F13O2/c1-4-33-11-8-6-5-7-10(11)12(2,32-3)9-13(19,20)14(21,22)15(23,24)16(25,26)17(27,28)18(29,30)31/h5-8H,4,9H2,1-3H3. The molecule has 1 aromatic carbocycles. The van der Waals surface area contributed by atoms with Crippen molar-refractivity contribution < 1.29 is 66.5 Å². The summed E-state index contributed by atoms with van der Waals surface area (Å²) in [6.07, 6.45) is -9.99. The quantitative estimate of drug-likeness (QED) is 0.312. The van der Waals surface area contributed by atoms with Gasteiger partial charge in [0.05, 0.1) is 18.6 Å². The van der Waals surface area contributed by atoms with E-state index in [0.717, 1.165) is 18.2 Å². The van der Waals surface area contributed by atoms with Crippen LogP contribution in [0.3, 0.4) is 0 Å². The van der Waals surface area contributed by atoms with Gasteiger partial charge < -0.3 is 9.47 Å². The molecule has 0 aliphatic carbocycles. The van der Waals surface area contributed by atoms with Crippen LogP contribution in [-0.4, -0.2) is 49.5 Å². The van der Waals surface area contributed by atoms with Crippen molar-refractivity contribution >= 4 is 0 Å². The zero-order chi connectivity index (χ0) is 26.3. The fourth-order valence-corrected chi connectivity index (χ4v) is 2.80. The van der Waals surface area contributed by atoms with E-state index in [0.29, 0.717) is 14.0 Å². The Kier molecular flexibility index (Phi) is 7.67. The van der Waals surface area contributed by atoms with Crippen molar-refractivity contribution in [2.24, 2.45) is 0 Å². The highest BCUT2D eigenvalue weighted by Gasteiger charge is 2.90. The van der Waals surface area contributed by atoms with Gasteiger partial charge in [0, 0.05) is 12.7 Å². The third-order valence-electron chi connectivity index (χ3n) is 4.76. The fourth-order valence-electron chi connectivity index (χ4n) is 2.80. The predicted octanol–water partition coefficient (Wildman–Crippen LogP) is 7.08. The summed E-state index contributed by atoms with van der Waals surface area (Å²) in [6, 6.07) is 4.58. The van der Waals surface area contributed by atoms with Gasteiger partial charge in [0.1, 0.15) is 5.75 Å². The van der Waals surface area contributed by atoms with Gasteiger partial charge in [-0.15, -0.1) is 0 Å². The summed E-state index contributed by atoms with van der Waals surface area (Å²) < 4.78 is 183. The van der Waals surface area contributed by atoms with Gasteiger partial charge in [-0.1, -0.05) is 18.2 Å². The van der Waals surface area contributed by atoms with Crippen LogP contribution in [0.5, 0.6) is 5.75 Å². The molecule has 0 radical (unpaired) electrons. The van der Waals surface area contributed by atoms with E-state index in [1.54, 1.807) is 0 Å². The van der Waals surface area contributed by atoms with Crippen molar-refractivity contribution in [1.82, 2.24) is 0 Å². The van der Waals surface area contributed by atoms with Gasteiger partial charge in [0.15, 0.2) is 0 Å². The second-order valence-corrected chi connectivity index (χ2v) is 7.04. The van der Waals surface area contributed by atoms with E-state index in [9.17, 15) is 57.1 Å². The highest BCUT2D eigenvalue weighted by atomic mass is 19.4.